The van der Waals surface area contributed by atoms with E-state index in [1.54, 1.807) is 0 Å². The first-order chi connectivity index (χ1) is 15.5. The minimum absolute atomic E-state index is 0.0256. The van der Waals surface area contributed by atoms with E-state index in [0.717, 1.165) is 49.3 Å². The van der Waals surface area contributed by atoms with Crippen LogP contribution in [0.1, 0.15) is 75.7 Å². The van der Waals surface area contributed by atoms with Crippen LogP contribution in [0.4, 0.5) is 8.78 Å². The molecular formula is C27H38F2N2O2. The van der Waals surface area contributed by atoms with Crippen molar-refractivity contribution in [2.75, 3.05) is 6.54 Å². The second-order valence-corrected chi connectivity index (χ2v) is 10.6. The van der Waals surface area contributed by atoms with E-state index in [4.69, 9.17) is 5.73 Å². The summed E-state index contributed by atoms with van der Waals surface area (Å²) in [6, 6.07) is 10.7. The van der Waals surface area contributed by atoms with E-state index in [2.05, 4.69) is 38.2 Å². The Kier molecular flexibility index (Phi) is 8.27. The maximum Gasteiger partial charge on any atom is 0.126 e. The van der Waals surface area contributed by atoms with Crippen LogP contribution in [0.15, 0.2) is 42.5 Å². The number of hydrogen-bond donors (Lipinski definition) is 4. The maximum absolute atomic E-state index is 13.5. The first-order valence-electron chi connectivity index (χ1n) is 11.9. The van der Waals surface area contributed by atoms with E-state index < -0.39 is 35.4 Å². The predicted molar refractivity (Wildman–Crippen MR) is 128 cm³/mol. The maximum atomic E-state index is 13.5. The largest absolute Gasteiger partial charge is 0.390 e. The van der Waals surface area contributed by atoms with Gasteiger partial charge in [0.15, 0.2) is 0 Å². The van der Waals surface area contributed by atoms with Crippen molar-refractivity contribution in [1.29, 1.82) is 0 Å². The van der Waals surface area contributed by atoms with Crippen molar-refractivity contribution in [3.8, 4) is 0 Å². The summed E-state index contributed by atoms with van der Waals surface area (Å²) in [6.45, 7) is 6.63. The van der Waals surface area contributed by atoms with Gasteiger partial charge in [0.05, 0.1) is 12.2 Å². The third-order valence-electron chi connectivity index (χ3n) is 6.89. The van der Waals surface area contributed by atoms with Gasteiger partial charge in [-0.1, -0.05) is 64.3 Å². The van der Waals surface area contributed by atoms with Gasteiger partial charge in [-0.3, -0.25) is 0 Å². The number of nitrogens with one attached hydrogen (secondary N) is 1. The fourth-order valence-corrected chi connectivity index (χ4v) is 4.82. The molecule has 4 nitrogen and oxygen atoms in total. The third kappa shape index (κ3) is 6.60. The molecule has 0 radical (unpaired) electrons. The molecule has 0 heterocycles. The van der Waals surface area contributed by atoms with Crippen LogP contribution in [-0.2, 0) is 11.8 Å². The van der Waals surface area contributed by atoms with Crippen LogP contribution in [0.25, 0.3) is 0 Å². The van der Waals surface area contributed by atoms with E-state index >= 15 is 0 Å². The summed E-state index contributed by atoms with van der Waals surface area (Å²) in [6.07, 6.45) is 3.20. The number of nitrogens with two attached hydrogens (primary N) is 1. The molecule has 6 heteroatoms. The summed E-state index contributed by atoms with van der Waals surface area (Å²) in [5, 5.41) is 25.6. The van der Waals surface area contributed by atoms with E-state index in [0.29, 0.717) is 5.56 Å². The number of aliphatic hydroxyl groups excluding tert-OH is 2. The van der Waals surface area contributed by atoms with Crippen LogP contribution < -0.4 is 11.1 Å². The summed E-state index contributed by atoms with van der Waals surface area (Å²) in [7, 11) is 0. The molecule has 1 aliphatic carbocycles. The van der Waals surface area contributed by atoms with Crippen molar-refractivity contribution in [2.45, 2.75) is 88.5 Å². The Morgan fingerprint density at radius 1 is 1.00 bits per heavy atom. The van der Waals surface area contributed by atoms with Crippen molar-refractivity contribution < 1.29 is 19.0 Å². The molecule has 0 aliphatic heterocycles. The molecule has 2 aromatic carbocycles. The highest BCUT2D eigenvalue weighted by Crippen LogP contribution is 2.39. The number of benzene rings is 2. The van der Waals surface area contributed by atoms with Crippen LogP contribution >= 0.6 is 0 Å². The monoisotopic (exact) mass is 460 g/mol. The van der Waals surface area contributed by atoms with Gasteiger partial charge < -0.3 is 21.3 Å². The molecular weight excluding hydrogens is 422 g/mol. The molecule has 0 amide bonds. The first-order valence-corrected chi connectivity index (χ1v) is 11.9. The number of aliphatic hydroxyl groups is 2. The van der Waals surface area contributed by atoms with E-state index in [-0.39, 0.29) is 18.4 Å². The second-order valence-electron chi connectivity index (χ2n) is 10.6. The Morgan fingerprint density at radius 2 is 1.64 bits per heavy atom. The number of hydrogen-bond acceptors (Lipinski definition) is 4. The summed E-state index contributed by atoms with van der Waals surface area (Å²) in [5.41, 5.74) is 8.02. The van der Waals surface area contributed by atoms with E-state index in [1.807, 2.05) is 12.1 Å². The van der Waals surface area contributed by atoms with Crippen molar-refractivity contribution >= 4 is 0 Å². The van der Waals surface area contributed by atoms with Gasteiger partial charge in [0.2, 0.25) is 0 Å². The molecule has 0 bridgehead atoms. The molecule has 2 aromatic rings. The molecule has 3 unspecified atom stereocenters. The Morgan fingerprint density at radius 3 is 2.24 bits per heavy atom. The fourth-order valence-electron chi connectivity index (χ4n) is 4.82. The molecule has 0 spiro atoms. The fraction of sp³-hybridized carbons (Fsp3) is 0.556. The van der Waals surface area contributed by atoms with Gasteiger partial charge in [-0.25, -0.2) is 8.78 Å². The average molecular weight is 461 g/mol. The molecule has 33 heavy (non-hydrogen) atoms. The van der Waals surface area contributed by atoms with Crippen molar-refractivity contribution in [3.63, 3.8) is 0 Å². The van der Waals surface area contributed by atoms with Crippen molar-refractivity contribution in [2.24, 2.45) is 5.73 Å². The van der Waals surface area contributed by atoms with Crippen molar-refractivity contribution in [3.05, 3.63) is 70.8 Å². The summed E-state index contributed by atoms with van der Waals surface area (Å²) < 4.78 is 27.0. The van der Waals surface area contributed by atoms with Gasteiger partial charge in [0.1, 0.15) is 11.6 Å². The molecule has 1 saturated carbocycles. The normalized spacial score (nSPS) is 19.2. The van der Waals surface area contributed by atoms with Crippen LogP contribution in [0.3, 0.4) is 0 Å². The first kappa shape index (κ1) is 25.8. The number of β-amino-alcohol motifs (C(OH)–C–C–N with tert-alkyl or cyclic N) is 1. The molecule has 0 saturated heterocycles. The zero-order valence-electron chi connectivity index (χ0n) is 20.0. The molecule has 3 atom stereocenters. The highest BCUT2D eigenvalue weighted by Gasteiger charge is 2.40. The highest BCUT2D eigenvalue weighted by molar-refractivity contribution is 5.31. The summed E-state index contributed by atoms with van der Waals surface area (Å²) in [4.78, 5) is 0. The van der Waals surface area contributed by atoms with Crippen molar-refractivity contribution in [1.82, 2.24) is 5.32 Å². The molecule has 3 rings (SSSR count). The van der Waals surface area contributed by atoms with Crippen LogP contribution in [0, 0.1) is 11.6 Å². The molecule has 1 fully saturated rings. The predicted octanol–water partition coefficient (Wildman–Crippen LogP) is 4.52. The summed E-state index contributed by atoms with van der Waals surface area (Å²) in [5.74, 6) is -1.32. The Balaban J connectivity index is 1.72. The molecule has 0 aromatic heterocycles. The SMILES string of the molecule is CC(C)(C)c1cccc(C(O)C2(NCC(O)C(N)Cc3cc(F)cc(F)c3)CCCCC2)c1. The van der Waals surface area contributed by atoms with Gasteiger partial charge in [0, 0.05) is 24.2 Å². The zero-order valence-corrected chi connectivity index (χ0v) is 20.0. The zero-order chi connectivity index (χ0) is 24.2. The van der Waals surface area contributed by atoms with Gasteiger partial charge in [-0.15, -0.1) is 0 Å². The van der Waals surface area contributed by atoms with Gasteiger partial charge in [-0.05, 0) is 53.5 Å². The topological polar surface area (TPSA) is 78.5 Å². The summed E-state index contributed by atoms with van der Waals surface area (Å²) >= 11 is 0. The quantitative estimate of drug-likeness (QED) is 0.467. The lowest BCUT2D eigenvalue weighted by molar-refractivity contribution is 0.0198. The van der Waals surface area contributed by atoms with E-state index in [9.17, 15) is 19.0 Å². The lowest BCUT2D eigenvalue weighted by Crippen LogP contribution is -2.56. The Bertz CT molecular complexity index is 902. The average Bonchev–Trinajstić information content (AvgIpc) is 2.76. The van der Waals surface area contributed by atoms with Gasteiger partial charge in [-0.2, -0.15) is 0 Å². The Labute approximate surface area is 196 Å². The Hall–Kier alpha value is -1.86. The highest BCUT2D eigenvalue weighted by atomic mass is 19.1. The molecule has 1 aliphatic rings. The van der Waals surface area contributed by atoms with Crippen LogP contribution in [-0.4, -0.2) is 34.4 Å². The smallest absolute Gasteiger partial charge is 0.126 e. The second kappa shape index (κ2) is 10.6. The van der Waals surface area contributed by atoms with E-state index in [1.165, 1.54) is 12.1 Å². The lowest BCUT2D eigenvalue weighted by Gasteiger charge is -2.43. The third-order valence-corrected chi connectivity index (χ3v) is 6.89. The van der Waals surface area contributed by atoms with Crippen LogP contribution in [0.5, 0.6) is 0 Å². The minimum atomic E-state index is -0.928. The lowest BCUT2D eigenvalue weighted by atomic mass is 9.74. The van der Waals surface area contributed by atoms with Gasteiger partial charge >= 0.3 is 0 Å². The molecule has 182 valence electrons. The molecule has 5 N–H and O–H groups in total. The van der Waals surface area contributed by atoms with Gasteiger partial charge in [0.25, 0.3) is 0 Å². The van der Waals surface area contributed by atoms with Crippen LogP contribution in [0.2, 0.25) is 0 Å². The number of rotatable bonds is 8. The number of halogens is 2. The minimum Gasteiger partial charge on any atom is -0.390 e. The standard InChI is InChI=1S/C27H38F2N2O2/c1-26(2,3)20-9-7-8-19(15-20)25(33)27(10-5-4-6-11-27)31-17-24(32)23(30)14-18-12-21(28)16-22(29)13-18/h7-9,12-13,15-16,23-25,31-33H,4-6,10-11,14,17,30H2,1-3H3.